The molecule has 0 saturated carbocycles. The summed E-state index contributed by atoms with van der Waals surface area (Å²) in [6, 6.07) is 0. The number of unbranched alkanes of at least 4 members (excludes halogenated alkanes) is 2. The quantitative estimate of drug-likeness (QED) is 0.708. The number of halogens is 1. The van der Waals surface area contributed by atoms with E-state index < -0.39 is 0 Å². The average Bonchev–Trinajstić information content (AvgIpc) is 2.52. The van der Waals surface area contributed by atoms with Gasteiger partial charge < -0.3 is 0 Å². The summed E-state index contributed by atoms with van der Waals surface area (Å²) in [5.74, 6) is 0. The minimum absolute atomic E-state index is 0.530. The first kappa shape index (κ1) is 11.9. The lowest BCUT2D eigenvalue weighted by molar-refractivity contribution is 0.317. The maximum absolute atomic E-state index is 5.70. The molecule has 0 amide bonds. The number of rotatable bonds is 6. The second kappa shape index (κ2) is 6.32. The maximum Gasteiger partial charge on any atom is 0.207 e. The Morgan fingerprint density at radius 3 is 2.71 bits per heavy atom. The summed E-state index contributed by atoms with van der Waals surface area (Å²) in [5, 5.41) is 8.75. The number of hydrogen-bond acceptors (Lipinski definition) is 4. The fourth-order valence-corrected chi connectivity index (χ4v) is 2.19. The number of nitrogens with zero attached hydrogens (tertiary/aromatic N) is 3. The molecule has 0 N–H and O–H groups in total. The molecule has 5 heteroatoms. The van der Waals surface area contributed by atoms with Crippen molar-refractivity contribution < 1.29 is 0 Å². The summed E-state index contributed by atoms with van der Waals surface area (Å²) < 4.78 is 0.530. The minimum atomic E-state index is 0.530. The van der Waals surface area contributed by atoms with Crippen LogP contribution >= 0.6 is 22.9 Å². The Labute approximate surface area is 94.1 Å². The summed E-state index contributed by atoms with van der Waals surface area (Å²) in [6.45, 7) is 4.18. The van der Waals surface area contributed by atoms with Gasteiger partial charge in [0.2, 0.25) is 4.47 Å². The van der Waals surface area contributed by atoms with Crippen LogP contribution < -0.4 is 0 Å². The third kappa shape index (κ3) is 4.35. The molecule has 1 rings (SSSR count). The Balaban J connectivity index is 2.23. The average molecular weight is 234 g/mol. The van der Waals surface area contributed by atoms with Crippen molar-refractivity contribution in [2.24, 2.45) is 0 Å². The summed E-state index contributed by atoms with van der Waals surface area (Å²) in [4.78, 5) is 2.26. The summed E-state index contributed by atoms with van der Waals surface area (Å²) in [5.41, 5.74) is 0. The molecule has 0 spiro atoms. The molecular formula is C9H16ClN3S. The zero-order valence-corrected chi connectivity index (χ0v) is 10.2. The third-order valence-corrected chi connectivity index (χ3v) is 2.99. The van der Waals surface area contributed by atoms with E-state index in [4.69, 9.17) is 11.6 Å². The molecule has 0 aromatic carbocycles. The molecular weight excluding hydrogens is 218 g/mol. The smallest absolute Gasteiger partial charge is 0.207 e. The first-order valence-electron chi connectivity index (χ1n) is 4.88. The van der Waals surface area contributed by atoms with Crippen LogP contribution in [-0.4, -0.2) is 28.7 Å². The van der Waals surface area contributed by atoms with Gasteiger partial charge in [0, 0.05) is 0 Å². The molecule has 1 heterocycles. The van der Waals surface area contributed by atoms with Gasteiger partial charge in [0.25, 0.3) is 0 Å². The molecule has 0 radical (unpaired) electrons. The predicted molar refractivity (Wildman–Crippen MR) is 60.8 cm³/mol. The Morgan fingerprint density at radius 2 is 2.14 bits per heavy atom. The molecule has 0 aliphatic rings. The van der Waals surface area contributed by atoms with E-state index in [-0.39, 0.29) is 0 Å². The van der Waals surface area contributed by atoms with Crippen molar-refractivity contribution in [3.63, 3.8) is 0 Å². The van der Waals surface area contributed by atoms with Gasteiger partial charge >= 0.3 is 0 Å². The standard InChI is InChI=1S/C9H16ClN3S/c1-3-4-5-6-13(2)7-8-11-12-9(10)14-8/h3-7H2,1-2H3. The molecule has 0 unspecified atom stereocenters. The summed E-state index contributed by atoms with van der Waals surface area (Å²) in [7, 11) is 2.10. The lowest BCUT2D eigenvalue weighted by Crippen LogP contribution is -2.18. The molecule has 80 valence electrons. The van der Waals surface area contributed by atoms with Gasteiger partial charge in [-0.05, 0) is 31.6 Å². The van der Waals surface area contributed by atoms with Crippen molar-refractivity contribution in [1.29, 1.82) is 0 Å². The topological polar surface area (TPSA) is 29.0 Å². The Hall–Kier alpha value is -0.190. The van der Waals surface area contributed by atoms with Crippen LogP contribution in [0.4, 0.5) is 0 Å². The largest absolute Gasteiger partial charge is 0.300 e. The monoisotopic (exact) mass is 233 g/mol. The maximum atomic E-state index is 5.70. The highest BCUT2D eigenvalue weighted by atomic mass is 35.5. The first-order valence-corrected chi connectivity index (χ1v) is 6.08. The lowest BCUT2D eigenvalue weighted by atomic mass is 10.2. The van der Waals surface area contributed by atoms with Gasteiger partial charge in [-0.3, -0.25) is 4.90 Å². The van der Waals surface area contributed by atoms with Gasteiger partial charge in [-0.15, -0.1) is 10.2 Å². The van der Waals surface area contributed by atoms with Crippen LogP contribution in [0.1, 0.15) is 31.2 Å². The predicted octanol–water partition coefficient (Wildman–Crippen LogP) is 2.81. The molecule has 1 aromatic heterocycles. The van der Waals surface area contributed by atoms with Gasteiger partial charge in [0.1, 0.15) is 5.01 Å². The van der Waals surface area contributed by atoms with E-state index in [2.05, 4.69) is 29.1 Å². The van der Waals surface area contributed by atoms with Gasteiger partial charge in [-0.2, -0.15) is 0 Å². The van der Waals surface area contributed by atoms with Crippen LogP contribution in [0, 0.1) is 0 Å². The van der Waals surface area contributed by atoms with Crippen LogP contribution in [0.25, 0.3) is 0 Å². The molecule has 0 fully saturated rings. The van der Waals surface area contributed by atoms with E-state index in [9.17, 15) is 0 Å². The Morgan fingerprint density at radius 1 is 1.36 bits per heavy atom. The van der Waals surface area contributed by atoms with E-state index in [1.165, 1.54) is 30.6 Å². The van der Waals surface area contributed by atoms with Crippen LogP contribution in [0.3, 0.4) is 0 Å². The van der Waals surface area contributed by atoms with Gasteiger partial charge in [0.05, 0.1) is 6.54 Å². The van der Waals surface area contributed by atoms with Crippen molar-refractivity contribution in [3.05, 3.63) is 9.47 Å². The highest BCUT2D eigenvalue weighted by Crippen LogP contribution is 2.16. The highest BCUT2D eigenvalue weighted by molar-refractivity contribution is 7.15. The van der Waals surface area contributed by atoms with Gasteiger partial charge in [-0.1, -0.05) is 31.1 Å². The fraction of sp³-hybridized carbons (Fsp3) is 0.778. The number of aromatic nitrogens is 2. The van der Waals surface area contributed by atoms with Crippen molar-refractivity contribution in [3.8, 4) is 0 Å². The normalized spacial score (nSPS) is 11.1. The lowest BCUT2D eigenvalue weighted by Gasteiger charge is -2.13. The molecule has 0 atom stereocenters. The summed E-state index contributed by atoms with van der Waals surface area (Å²) in [6.07, 6.45) is 3.80. The van der Waals surface area contributed by atoms with Crippen molar-refractivity contribution >= 4 is 22.9 Å². The molecule has 0 aliphatic carbocycles. The Kier molecular flexibility index (Phi) is 5.37. The fourth-order valence-electron chi connectivity index (χ4n) is 1.24. The molecule has 0 saturated heterocycles. The van der Waals surface area contributed by atoms with Crippen LogP contribution in [-0.2, 0) is 6.54 Å². The van der Waals surface area contributed by atoms with Crippen molar-refractivity contribution in [2.75, 3.05) is 13.6 Å². The minimum Gasteiger partial charge on any atom is -0.300 e. The van der Waals surface area contributed by atoms with E-state index in [0.717, 1.165) is 18.1 Å². The molecule has 0 bridgehead atoms. The second-order valence-electron chi connectivity index (χ2n) is 3.39. The van der Waals surface area contributed by atoms with Gasteiger partial charge in [0.15, 0.2) is 0 Å². The SMILES string of the molecule is CCCCCN(C)Cc1nnc(Cl)s1. The Bertz CT molecular complexity index is 264. The van der Waals surface area contributed by atoms with Crippen molar-refractivity contribution in [1.82, 2.24) is 15.1 Å². The van der Waals surface area contributed by atoms with E-state index in [1.54, 1.807) is 0 Å². The zero-order chi connectivity index (χ0) is 10.4. The number of hydrogen-bond donors (Lipinski definition) is 0. The van der Waals surface area contributed by atoms with E-state index in [1.807, 2.05) is 0 Å². The zero-order valence-electron chi connectivity index (χ0n) is 8.66. The van der Waals surface area contributed by atoms with Crippen LogP contribution in [0.15, 0.2) is 0 Å². The second-order valence-corrected chi connectivity index (χ2v) is 5.04. The summed E-state index contributed by atoms with van der Waals surface area (Å²) >= 11 is 7.15. The molecule has 0 aliphatic heterocycles. The van der Waals surface area contributed by atoms with Crippen LogP contribution in [0.2, 0.25) is 4.47 Å². The molecule has 1 aromatic rings. The van der Waals surface area contributed by atoms with Crippen molar-refractivity contribution in [2.45, 2.75) is 32.7 Å². The highest BCUT2D eigenvalue weighted by Gasteiger charge is 2.04. The molecule has 14 heavy (non-hydrogen) atoms. The third-order valence-electron chi connectivity index (χ3n) is 1.99. The van der Waals surface area contributed by atoms with E-state index in [0.29, 0.717) is 4.47 Å². The van der Waals surface area contributed by atoms with Gasteiger partial charge in [-0.25, -0.2) is 0 Å². The van der Waals surface area contributed by atoms with Crippen LogP contribution in [0.5, 0.6) is 0 Å². The van der Waals surface area contributed by atoms with E-state index >= 15 is 0 Å². The first-order chi connectivity index (χ1) is 6.72. The molecule has 3 nitrogen and oxygen atoms in total.